The number of phenols is 1. The van der Waals surface area contributed by atoms with Crippen LogP contribution in [0.4, 0.5) is 0 Å². The summed E-state index contributed by atoms with van der Waals surface area (Å²) in [7, 11) is 0. The minimum atomic E-state index is 0.270. The number of nitrogens with one attached hydrogen (secondary N) is 1. The summed E-state index contributed by atoms with van der Waals surface area (Å²) in [6.07, 6.45) is 1.08. The summed E-state index contributed by atoms with van der Waals surface area (Å²) < 4.78 is 0. The van der Waals surface area contributed by atoms with E-state index in [0.717, 1.165) is 13.0 Å². The molecule has 0 aliphatic rings. The second-order valence-corrected chi connectivity index (χ2v) is 4.86. The number of benzene rings is 2. The lowest BCUT2D eigenvalue weighted by Crippen LogP contribution is -2.17. The van der Waals surface area contributed by atoms with Crippen molar-refractivity contribution in [2.75, 3.05) is 0 Å². The van der Waals surface area contributed by atoms with E-state index in [1.165, 1.54) is 16.7 Å². The van der Waals surface area contributed by atoms with E-state index in [9.17, 15) is 5.11 Å². The van der Waals surface area contributed by atoms with Crippen molar-refractivity contribution in [3.63, 3.8) is 0 Å². The fourth-order valence-corrected chi connectivity index (χ4v) is 2.04. The van der Waals surface area contributed by atoms with Crippen molar-refractivity contribution in [1.82, 2.24) is 5.32 Å². The summed E-state index contributed by atoms with van der Waals surface area (Å²) in [6.45, 7) is 5.15. The van der Waals surface area contributed by atoms with Crippen LogP contribution < -0.4 is 5.32 Å². The van der Waals surface area contributed by atoms with Gasteiger partial charge >= 0.3 is 0 Å². The molecule has 0 aliphatic heterocycles. The Morgan fingerprint density at radius 1 is 0.947 bits per heavy atom. The van der Waals surface area contributed by atoms with E-state index in [1.54, 1.807) is 12.1 Å². The summed E-state index contributed by atoms with van der Waals surface area (Å²) in [5.74, 6) is 0.311. The van der Waals surface area contributed by atoms with Crippen molar-refractivity contribution >= 4 is 0 Å². The van der Waals surface area contributed by atoms with Gasteiger partial charge in [-0.05, 0) is 42.2 Å². The number of hydrogen-bond donors (Lipinski definition) is 2. The Kier molecular flexibility index (Phi) is 4.58. The van der Waals surface area contributed by atoms with Crippen molar-refractivity contribution in [2.45, 2.75) is 32.9 Å². The van der Waals surface area contributed by atoms with E-state index in [2.05, 4.69) is 43.4 Å². The molecule has 100 valence electrons. The molecule has 0 bridgehead atoms. The van der Waals surface area contributed by atoms with Crippen molar-refractivity contribution in [3.8, 4) is 5.75 Å². The summed E-state index contributed by atoms with van der Waals surface area (Å²) >= 11 is 0. The molecule has 2 aromatic carbocycles. The van der Waals surface area contributed by atoms with Crippen LogP contribution in [0.3, 0.4) is 0 Å². The topological polar surface area (TPSA) is 32.3 Å². The molecule has 1 unspecified atom stereocenters. The van der Waals surface area contributed by atoms with Gasteiger partial charge in [0.2, 0.25) is 0 Å². The first-order chi connectivity index (χ1) is 9.19. The first-order valence-corrected chi connectivity index (χ1v) is 6.79. The Bertz CT molecular complexity index is 502. The van der Waals surface area contributed by atoms with Gasteiger partial charge in [0.05, 0.1) is 0 Å². The van der Waals surface area contributed by atoms with Crippen LogP contribution in [-0.2, 0) is 13.0 Å². The van der Waals surface area contributed by atoms with Crippen LogP contribution in [0.25, 0.3) is 0 Å². The van der Waals surface area contributed by atoms with Crippen LogP contribution in [0.15, 0.2) is 48.5 Å². The van der Waals surface area contributed by atoms with Crippen molar-refractivity contribution in [3.05, 3.63) is 65.2 Å². The molecule has 19 heavy (non-hydrogen) atoms. The van der Waals surface area contributed by atoms with E-state index in [0.29, 0.717) is 5.75 Å². The molecule has 1 atom stereocenters. The number of aromatic hydroxyl groups is 1. The molecule has 0 spiro atoms. The molecule has 0 radical (unpaired) electrons. The van der Waals surface area contributed by atoms with Crippen LogP contribution in [-0.4, -0.2) is 5.11 Å². The molecule has 0 aromatic heterocycles. The predicted octanol–water partition coefficient (Wildman–Crippen LogP) is 3.81. The number of rotatable bonds is 5. The first kappa shape index (κ1) is 13.6. The van der Waals surface area contributed by atoms with Crippen LogP contribution in [0.2, 0.25) is 0 Å². The fraction of sp³-hybridized carbons (Fsp3) is 0.294. The SMILES string of the molecule is CCc1ccc(CNC(C)c2ccc(O)cc2)cc1. The maximum absolute atomic E-state index is 9.28. The molecule has 0 saturated carbocycles. The molecule has 2 rings (SSSR count). The molecule has 0 amide bonds. The minimum absolute atomic E-state index is 0.270. The zero-order valence-electron chi connectivity index (χ0n) is 11.6. The Balaban J connectivity index is 1.92. The van der Waals surface area contributed by atoms with E-state index >= 15 is 0 Å². The number of phenolic OH excluding ortho intramolecular Hbond substituents is 1. The standard InChI is InChI=1S/C17H21NO/c1-3-14-4-6-15(7-5-14)12-18-13(2)16-8-10-17(19)11-9-16/h4-11,13,18-19H,3,12H2,1-2H3. The van der Waals surface area contributed by atoms with Gasteiger partial charge in [-0.1, -0.05) is 43.3 Å². The monoisotopic (exact) mass is 255 g/mol. The van der Waals surface area contributed by atoms with Gasteiger partial charge in [0.15, 0.2) is 0 Å². The average Bonchev–Trinajstić information content (AvgIpc) is 2.46. The van der Waals surface area contributed by atoms with Gasteiger partial charge < -0.3 is 10.4 Å². The van der Waals surface area contributed by atoms with E-state index in [-0.39, 0.29) is 6.04 Å². The third-order valence-corrected chi connectivity index (χ3v) is 3.44. The quantitative estimate of drug-likeness (QED) is 0.851. The van der Waals surface area contributed by atoms with Gasteiger partial charge in [0.1, 0.15) is 5.75 Å². The number of aryl methyl sites for hydroxylation is 1. The molecular weight excluding hydrogens is 234 g/mol. The Hall–Kier alpha value is -1.80. The van der Waals surface area contributed by atoms with Gasteiger partial charge in [0, 0.05) is 12.6 Å². The Labute approximate surface area is 115 Å². The molecule has 0 aliphatic carbocycles. The highest BCUT2D eigenvalue weighted by atomic mass is 16.3. The molecular formula is C17H21NO. The van der Waals surface area contributed by atoms with E-state index in [1.807, 2.05) is 12.1 Å². The van der Waals surface area contributed by atoms with E-state index in [4.69, 9.17) is 0 Å². The Morgan fingerprint density at radius 2 is 1.53 bits per heavy atom. The highest BCUT2D eigenvalue weighted by Crippen LogP contribution is 2.17. The zero-order valence-corrected chi connectivity index (χ0v) is 11.6. The maximum atomic E-state index is 9.28. The fourth-order valence-electron chi connectivity index (χ4n) is 2.04. The molecule has 2 N–H and O–H groups in total. The lowest BCUT2D eigenvalue weighted by molar-refractivity contribution is 0.474. The van der Waals surface area contributed by atoms with Crippen molar-refractivity contribution in [2.24, 2.45) is 0 Å². The highest BCUT2D eigenvalue weighted by Gasteiger charge is 2.04. The summed E-state index contributed by atoms with van der Waals surface area (Å²) in [5.41, 5.74) is 3.85. The smallest absolute Gasteiger partial charge is 0.115 e. The van der Waals surface area contributed by atoms with Crippen molar-refractivity contribution < 1.29 is 5.11 Å². The largest absolute Gasteiger partial charge is 0.508 e. The van der Waals surface area contributed by atoms with Crippen LogP contribution >= 0.6 is 0 Å². The second kappa shape index (κ2) is 6.39. The molecule has 0 saturated heterocycles. The van der Waals surface area contributed by atoms with Crippen LogP contribution in [0.1, 0.15) is 36.6 Å². The molecule has 2 nitrogen and oxygen atoms in total. The molecule has 2 heteroatoms. The summed E-state index contributed by atoms with van der Waals surface area (Å²) in [6, 6.07) is 16.3. The molecule has 0 fully saturated rings. The van der Waals surface area contributed by atoms with Gasteiger partial charge in [-0.25, -0.2) is 0 Å². The lowest BCUT2D eigenvalue weighted by Gasteiger charge is -2.14. The second-order valence-electron chi connectivity index (χ2n) is 4.86. The molecule has 2 aromatic rings. The first-order valence-electron chi connectivity index (χ1n) is 6.79. The third kappa shape index (κ3) is 3.83. The van der Waals surface area contributed by atoms with Crippen LogP contribution in [0, 0.1) is 0 Å². The van der Waals surface area contributed by atoms with Gasteiger partial charge in [-0.2, -0.15) is 0 Å². The van der Waals surface area contributed by atoms with Gasteiger partial charge in [-0.3, -0.25) is 0 Å². The lowest BCUT2D eigenvalue weighted by atomic mass is 10.1. The minimum Gasteiger partial charge on any atom is -0.508 e. The third-order valence-electron chi connectivity index (χ3n) is 3.44. The van der Waals surface area contributed by atoms with Crippen molar-refractivity contribution in [1.29, 1.82) is 0 Å². The average molecular weight is 255 g/mol. The van der Waals surface area contributed by atoms with E-state index < -0.39 is 0 Å². The van der Waals surface area contributed by atoms with Crippen LogP contribution in [0.5, 0.6) is 5.75 Å². The summed E-state index contributed by atoms with van der Waals surface area (Å²) in [4.78, 5) is 0. The summed E-state index contributed by atoms with van der Waals surface area (Å²) in [5, 5.41) is 12.8. The maximum Gasteiger partial charge on any atom is 0.115 e. The highest BCUT2D eigenvalue weighted by molar-refractivity contribution is 5.28. The predicted molar refractivity (Wildman–Crippen MR) is 79.2 cm³/mol. The normalized spacial score (nSPS) is 12.3. The Morgan fingerprint density at radius 3 is 2.11 bits per heavy atom. The molecule has 0 heterocycles. The zero-order chi connectivity index (χ0) is 13.7. The van der Waals surface area contributed by atoms with Gasteiger partial charge in [0.25, 0.3) is 0 Å². The number of hydrogen-bond acceptors (Lipinski definition) is 2. The van der Waals surface area contributed by atoms with Gasteiger partial charge in [-0.15, -0.1) is 0 Å².